The monoisotopic (exact) mass is 270 g/mol. The molecular weight excluding hydrogens is 248 g/mol. The van der Waals surface area contributed by atoms with Crippen LogP contribution < -0.4 is 4.72 Å². The van der Waals surface area contributed by atoms with Gasteiger partial charge in [-0.3, -0.25) is 0 Å². The van der Waals surface area contributed by atoms with Crippen LogP contribution in [0.2, 0.25) is 0 Å². The minimum Gasteiger partial charge on any atom is -0.309 e. The van der Waals surface area contributed by atoms with Crippen molar-refractivity contribution < 1.29 is 8.42 Å². The van der Waals surface area contributed by atoms with Crippen LogP contribution in [0.15, 0.2) is 23.1 Å². The summed E-state index contributed by atoms with van der Waals surface area (Å²) >= 11 is 0. The number of nitrogens with zero attached hydrogens (tertiary/aromatic N) is 1. The van der Waals surface area contributed by atoms with E-state index < -0.39 is 10.0 Å². The zero-order valence-electron chi connectivity index (χ0n) is 11.5. The molecule has 0 aliphatic rings. The first-order valence-electron chi connectivity index (χ1n) is 6.04. The van der Waals surface area contributed by atoms with Gasteiger partial charge in [-0.15, -0.1) is 0 Å². The number of hydrogen-bond acceptors (Lipinski definition) is 3. The zero-order chi connectivity index (χ0) is 13.8. The Bertz CT molecular complexity index is 496. The molecule has 5 heteroatoms. The molecule has 0 aromatic heterocycles. The molecule has 0 radical (unpaired) electrons. The zero-order valence-corrected chi connectivity index (χ0v) is 12.3. The molecule has 102 valence electrons. The predicted molar refractivity (Wildman–Crippen MR) is 74.3 cm³/mol. The summed E-state index contributed by atoms with van der Waals surface area (Å²) in [5.74, 6) is 0. The second kappa shape index (κ2) is 6.31. The molecule has 18 heavy (non-hydrogen) atoms. The van der Waals surface area contributed by atoms with Crippen LogP contribution in [-0.4, -0.2) is 40.5 Å². The van der Waals surface area contributed by atoms with Crippen molar-refractivity contribution >= 4 is 10.0 Å². The van der Waals surface area contributed by atoms with Crippen LogP contribution in [0.5, 0.6) is 0 Å². The Labute approximate surface area is 110 Å². The molecule has 1 aromatic rings. The first-order valence-corrected chi connectivity index (χ1v) is 7.53. The van der Waals surface area contributed by atoms with Gasteiger partial charge in [-0.1, -0.05) is 6.07 Å². The average Bonchev–Trinajstić information content (AvgIpc) is 2.28. The van der Waals surface area contributed by atoms with E-state index in [0.717, 1.165) is 24.1 Å². The molecule has 0 atom stereocenters. The van der Waals surface area contributed by atoms with Gasteiger partial charge < -0.3 is 4.90 Å². The fourth-order valence-electron chi connectivity index (χ4n) is 1.57. The van der Waals surface area contributed by atoms with E-state index in [4.69, 9.17) is 0 Å². The predicted octanol–water partition coefficient (Wildman–Crippen LogP) is 1.53. The van der Waals surface area contributed by atoms with E-state index in [1.807, 2.05) is 38.9 Å². The lowest BCUT2D eigenvalue weighted by Gasteiger charge is -2.11. The fourth-order valence-corrected chi connectivity index (χ4v) is 2.73. The van der Waals surface area contributed by atoms with Crippen LogP contribution in [0, 0.1) is 13.8 Å². The van der Waals surface area contributed by atoms with Gasteiger partial charge in [0.25, 0.3) is 0 Å². The molecule has 0 saturated heterocycles. The number of nitrogens with one attached hydrogen (secondary N) is 1. The molecule has 0 fully saturated rings. The Morgan fingerprint density at radius 2 is 1.83 bits per heavy atom. The van der Waals surface area contributed by atoms with Gasteiger partial charge in [0.05, 0.1) is 4.90 Å². The Kier molecular flexibility index (Phi) is 5.31. The molecule has 1 aromatic carbocycles. The molecule has 4 nitrogen and oxygen atoms in total. The highest BCUT2D eigenvalue weighted by atomic mass is 32.2. The second-order valence-corrected chi connectivity index (χ2v) is 6.57. The standard InChI is InChI=1S/C13H22N2O2S/c1-11-6-7-13(10-12(11)2)18(16,17)14-8-5-9-15(3)4/h6-7,10,14H,5,8-9H2,1-4H3. The van der Waals surface area contributed by atoms with Crippen molar-refractivity contribution in [3.05, 3.63) is 29.3 Å². The lowest BCUT2D eigenvalue weighted by molar-refractivity contribution is 0.400. The molecule has 0 spiro atoms. The van der Waals surface area contributed by atoms with Crippen LogP contribution in [0.4, 0.5) is 0 Å². The topological polar surface area (TPSA) is 49.4 Å². The van der Waals surface area contributed by atoms with Crippen molar-refractivity contribution in [1.29, 1.82) is 0 Å². The molecule has 0 unspecified atom stereocenters. The summed E-state index contributed by atoms with van der Waals surface area (Å²) < 4.78 is 26.7. The van der Waals surface area contributed by atoms with Crippen LogP contribution in [0.1, 0.15) is 17.5 Å². The molecule has 1 rings (SSSR count). The van der Waals surface area contributed by atoms with Gasteiger partial charge in [0.15, 0.2) is 0 Å². The van der Waals surface area contributed by atoms with E-state index in [1.54, 1.807) is 12.1 Å². The first kappa shape index (κ1) is 15.1. The van der Waals surface area contributed by atoms with Gasteiger partial charge in [0.1, 0.15) is 0 Å². The van der Waals surface area contributed by atoms with Crippen molar-refractivity contribution in [2.75, 3.05) is 27.2 Å². The maximum atomic E-state index is 12.0. The first-order chi connectivity index (χ1) is 8.33. The fraction of sp³-hybridized carbons (Fsp3) is 0.538. The highest BCUT2D eigenvalue weighted by Gasteiger charge is 2.13. The third kappa shape index (κ3) is 4.40. The number of hydrogen-bond donors (Lipinski definition) is 1. The highest BCUT2D eigenvalue weighted by molar-refractivity contribution is 7.89. The van der Waals surface area contributed by atoms with E-state index in [1.165, 1.54) is 0 Å². The smallest absolute Gasteiger partial charge is 0.240 e. The number of rotatable bonds is 6. The van der Waals surface area contributed by atoms with Crippen LogP contribution in [0.3, 0.4) is 0 Å². The maximum absolute atomic E-state index is 12.0. The van der Waals surface area contributed by atoms with Crippen LogP contribution in [0.25, 0.3) is 0 Å². The largest absolute Gasteiger partial charge is 0.309 e. The molecule has 0 aliphatic carbocycles. The lowest BCUT2D eigenvalue weighted by Crippen LogP contribution is -2.27. The maximum Gasteiger partial charge on any atom is 0.240 e. The summed E-state index contributed by atoms with van der Waals surface area (Å²) in [6, 6.07) is 5.20. The van der Waals surface area contributed by atoms with Crippen molar-refractivity contribution in [2.24, 2.45) is 0 Å². The molecule has 0 saturated carbocycles. The molecule has 0 heterocycles. The van der Waals surface area contributed by atoms with Crippen LogP contribution >= 0.6 is 0 Å². The summed E-state index contributed by atoms with van der Waals surface area (Å²) in [5, 5.41) is 0. The molecule has 0 bridgehead atoms. The van der Waals surface area contributed by atoms with Crippen LogP contribution in [-0.2, 0) is 10.0 Å². The summed E-state index contributed by atoms with van der Waals surface area (Å²) in [6.45, 7) is 5.22. The van der Waals surface area contributed by atoms with E-state index >= 15 is 0 Å². The van der Waals surface area contributed by atoms with Gasteiger partial charge in [-0.2, -0.15) is 0 Å². The van der Waals surface area contributed by atoms with E-state index in [-0.39, 0.29) is 0 Å². The Morgan fingerprint density at radius 1 is 1.17 bits per heavy atom. The normalized spacial score (nSPS) is 12.1. The third-order valence-corrected chi connectivity index (χ3v) is 4.32. The number of sulfonamides is 1. The number of benzene rings is 1. The highest BCUT2D eigenvalue weighted by Crippen LogP contribution is 2.14. The Hall–Kier alpha value is -0.910. The average molecular weight is 270 g/mol. The van der Waals surface area contributed by atoms with Gasteiger partial charge in [-0.25, -0.2) is 13.1 Å². The minimum absolute atomic E-state index is 0.343. The third-order valence-electron chi connectivity index (χ3n) is 2.86. The van der Waals surface area contributed by atoms with Gasteiger partial charge in [0, 0.05) is 6.54 Å². The van der Waals surface area contributed by atoms with E-state index in [0.29, 0.717) is 11.4 Å². The number of aryl methyl sites for hydroxylation is 2. The Morgan fingerprint density at radius 3 is 2.39 bits per heavy atom. The minimum atomic E-state index is -3.37. The quantitative estimate of drug-likeness (QED) is 0.798. The molecule has 0 aliphatic heterocycles. The summed E-state index contributed by atoms with van der Waals surface area (Å²) in [4.78, 5) is 2.38. The summed E-state index contributed by atoms with van der Waals surface area (Å²) in [7, 11) is 0.574. The second-order valence-electron chi connectivity index (χ2n) is 4.80. The van der Waals surface area contributed by atoms with Crippen molar-refractivity contribution in [1.82, 2.24) is 9.62 Å². The van der Waals surface area contributed by atoms with E-state index in [2.05, 4.69) is 4.72 Å². The summed E-state index contributed by atoms with van der Waals surface area (Å²) in [5.41, 5.74) is 2.09. The summed E-state index contributed by atoms with van der Waals surface area (Å²) in [6.07, 6.45) is 0.803. The lowest BCUT2D eigenvalue weighted by atomic mass is 10.1. The molecular formula is C13H22N2O2S. The van der Waals surface area contributed by atoms with Crippen molar-refractivity contribution in [3.63, 3.8) is 0 Å². The SMILES string of the molecule is Cc1ccc(S(=O)(=O)NCCCN(C)C)cc1C. The van der Waals surface area contributed by atoms with Gasteiger partial charge in [0.2, 0.25) is 10.0 Å². The van der Waals surface area contributed by atoms with Crippen molar-refractivity contribution in [2.45, 2.75) is 25.2 Å². The van der Waals surface area contributed by atoms with Crippen molar-refractivity contribution in [3.8, 4) is 0 Å². The molecule has 1 N–H and O–H groups in total. The van der Waals surface area contributed by atoms with Gasteiger partial charge in [-0.05, 0) is 64.2 Å². The Balaban J connectivity index is 2.66. The van der Waals surface area contributed by atoms with Gasteiger partial charge >= 0.3 is 0 Å². The molecule has 0 amide bonds. The van der Waals surface area contributed by atoms with E-state index in [9.17, 15) is 8.42 Å².